The molecule has 1 aromatic heterocycles. The summed E-state index contributed by atoms with van der Waals surface area (Å²) in [4.78, 5) is 12.3. The molecule has 0 spiro atoms. The lowest BCUT2D eigenvalue weighted by Gasteiger charge is -2.10. The monoisotopic (exact) mass is 326 g/mol. The quantitative estimate of drug-likeness (QED) is 0.797. The normalized spacial score (nSPS) is 11.0. The van der Waals surface area contributed by atoms with Crippen LogP contribution in [0, 0.1) is 6.92 Å². The molecule has 1 heterocycles. The second-order valence-corrected chi connectivity index (χ2v) is 5.85. The van der Waals surface area contributed by atoms with E-state index in [2.05, 4.69) is 15.5 Å². The molecule has 0 aliphatic rings. The molecule has 0 fully saturated rings. The predicted molar refractivity (Wildman–Crippen MR) is 86.2 cm³/mol. The van der Waals surface area contributed by atoms with Crippen molar-refractivity contribution >= 4 is 40.5 Å². The lowest BCUT2D eigenvalue weighted by atomic mass is 10.1. The van der Waals surface area contributed by atoms with Crippen LogP contribution in [0.4, 0.5) is 11.4 Å². The third-order valence-corrected chi connectivity index (χ3v) is 3.95. The number of nitrogens with two attached hydrogens (primary N) is 1. The number of aryl methyl sites for hydroxylation is 1. The molecule has 0 unspecified atom stereocenters. The molecular weight excluding hydrogens is 311 g/mol. The molecule has 0 aliphatic carbocycles. The Bertz CT molecular complexity index is 695. The Morgan fingerprint density at radius 1 is 1.38 bits per heavy atom. The average molecular weight is 327 g/mol. The number of carbonyl (C=O) groups excluding carboxylic acids is 1. The van der Waals surface area contributed by atoms with Gasteiger partial charge in [-0.1, -0.05) is 43.1 Å². The zero-order valence-corrected chi connectivity index (χ0v) is 13.4. The molecule has 7 heteroatoms. The maximum atomic E-state index is 12.3. The summed E-state index contributed by atoms with van der Waals surface area (Å²) in [6, 6.07) is 3.45. The molecule has 0 saturated heterocycles. The van der Waals surface area contributed by atoms with Crippen LogP contribution in [-0.4, -0.2) is 16.1 Å². The Morgan fingerprint density at radius 2 is 2.05 bits per heavy atom. The molecule has 2 aromatic rings. The van der Waals surface area contributed by atoms with Crippen LogP contribution < -0.4 is 11.1 Å². The fourth-order valence-electron chi connectivity index (χ4n) is 1.92. The van der Waals surface area contributed by atoms with E-state index in [-0.39, 0.29) is 11.6 Å². The molecule has 0 atom stereocenters. The summed E-state index contributed by atoms with van der Waals surface area (Å²) >= 11 is 12.2. The standard InChI is InChI=1S/C14H16Cl2N4O/c1-6(2)11-10(17)13(20-19-11)14(21)18-12-8(15)5-4-7(3)9(12)16/h4-6H,17H2,1-3H3,(H,18,21)(H,19,20). The second-order valence-electron chi connectivity index (χ2n) is 5.06. The number of aromatic amines is 1. The van der Waals surface area contributed by atoms with E-state index in [1.807, 2.05) is 20.8 Å². The van der Waals surface area contributed by atoms with Crippen molar-refractivity contribution in [2.24, 2.45) is 0 Å². The van der Waals surface area contributed by atoms with E-state index in [1.54, 1.807) is 12.1 Å². The van der Waals surface area contributed by atoms with Gasteiger partial charge in [0.15, 0.2) is 5.69 Å². The van der Waals surface area contributed by atoms with Gasteiger partial charge >= 0.3 is 0 Å². The molecule has 5 nitrogen and oxygen atoms in total. The van der Waals surface area contributed by atoms with E-state index >= 15 is 0 Å². The number of rotatable bonds is 3. The van der Waals surface area contributed by atoms with E-state index in [0.717, 1.165) is 11.3 Å². The Labute approximate surface area is 132 Å². The van der Waals surface area contributed by atoms with Gasteiger partial charge in [0.05, 0.1) is 27.1 Å². The summed E-state index contributed by atoms with van der Waals surface area (Å²) in [5.74, 6) is -0.310. The number of H-pyrrole nitrogens is 1. The van der Waals surface area contributed by atoms with Gasteiger partial charge in [0.1, 0.15) is 0 Å². The van der Waals surface area contributed by atoms with Crippen LogP contribution in [0.1, 0.15) is 41.5 Å². The van der Waals surface area contributed by atoms with Crippen molar-refractivity contribution in [1.82, 2.24) is 10.2 Å². The first kappa shape index (κ1) is 15.7. The Morgan fingerprint density at radius 3 is 2.62 bits per heavy atom. The fourth-order valence-corrected chi connectivity index (χ4v) is 2.39. The highest BCUT2D eigenvalue weighted by molar-refractivity contribution is 6.40. The minimum atomic E-state index is -0.454. The lowest BCUT2D eigenvalue weighted by molar-refractivity contribution is 0.102. The first-order valence-electron chi connectivity index (χ1n) is 6.42. The van der Waals surface area contributed by atoms with Gasteiger partial charge in [-0.3, -0.25) is 9.89 Å². The van der Waals surface area contributed by atoms with E-state index in [4.69, 9.17) is 28.9 Å². The van der Waals surface area contributed by atoms with Gasteiger partial charge in [0, 0.05) is 0 Å². The van der Waals surface area contributed by atoms with Gasteiger partial charge in [0.2, 0.25) is 0 Å². The minimum absolute atomic E-state index is 0.132. The first-order valence-corrected chi connectivity index (χ1v) is 7.18. The highest BCUT2D eigenvalue weighted by Crippen LogP contribution is 2.33. The highest BCUT2D eigenvalue weighted by Gasteiger charge is 2.20. The van der Waals surface area contributed by atoms with Crippen molar-refractivity contribution in [3.63, 3.8) is 0 Å². The van der Waals surface area contributed by atoms with Crippen molar-refractivity contribution in [3.05, 3.63) is 39.1 Å². The SMILES string of the molecule is Cc1ccc(Cl)c(NC(=O)c2n[nH]c(C(C)C)c2N)c1Cl. The topological polar surface area (TPSA) is 83.8 Å². The summed E-state index contributed by atoms with van der Waals surface area (Å²) in [7, 11) is 0. The van der Waals surface area contributed by atoms with E-state index < -0.39 is 5.91 Å². The molecule has 2 rings (SSSR count). The summed E-state index contributed by atoms with van der Waals surface area (Å²) in [5.41, 5.74) is 8.31. The Balaban J connectivity index is 2.33. The largest absolute Gasteiger partial charge is 0.395 e. The van der Waals surface area contributed by atoms with Gasteiger partial charge in [-0.25, -0.2) is 0 Å². The average Bonchev–Trinajstić information content (AvgIpc) is 2.81. The minimum Gasteiger partial charge on any atom is -0.395 e. The molecule has 21 heavy (non-hydrogen) atoms. The van der Waals surface area contributed by atoms with E-state index in [0.29, 0.717) is 21.4 Å². The first-order chi connectivity index (χ1) is 9.82. The number of anilines is 2. The van der Waals surface area contributed by atoms with E-state index in [9.17, 15) is 4.79 Å². The maximum absolute atomic E-state index is 12.3. The van der Waals surface area contributed by atoms with Crippen molar-refractivity contribution in [1.29, 1.82) is 0 Å². The number of hydrogen-bond acceptors (Lipinski definition) is 3. The van der Waals surface area contributed by atoms with Crippen LogP contribution >= 0.6 is 23.2 Å². The number of aromatic nitrogens is 2. The number of nitrogens with zero attached hydrogens (tertiary/aromatic N) is 1. The van der Waals surface area contributed by atoms with Crippen LogP contribution in [0.5, 0.6) is 0 Å². The number of carbonyl (C=O) groups is 1. The smallest absolute Gasteiger partial charge is 0.278 e. The van der Waals surface area contributed by atoms with Gasteiger partial charge in [-0.05, 0) is 24.5 Å². The Hall–Kier alpha value is -1.72. The zero-order valence-electron chi connectivity index (χ0n) is 11.9. The number of nitrogen functional groups attached to an aromatic ring is 1. The van der Waals surface area contributed by atoms with Gasteiger partial charge in [-0.2, -0.15) is 5.10 Å². The zero-order chi connectivity index (χ0) is 15.7. The molecule has 1 amide bonds. The van der Waals surface area contributed by atoms with Crippen LogP contribution in [-0.2, 0) is 0 Å². The molecule has 0 aliphatic heterocycles. The summed E-state index contributed by atoms with van der Waals surface area (Å²) < 4.78 is 0. The highest BCUT2D eigenvalue weighted by atomic mass is 35.5. The third kappa shape index (κ3) is 2.99. The number of benzene rings is 1. The van der Waals surface area contributed by atoms with Gasteiger partial charge < -0.3 is 11.1 Å². The molecule has 4 N–H and O–H groups in total. The molecule has 1 aromatic carbocycles. The van der Waals surface area contributed by atoms with E-state index in [1.165, 1.54) is 0 Å². The van der Waals surface area contributed by atoms with Crippen molar-refractivity contribution in [2.75, 3.05) is 11.1 Å². The molecule has 112 valence electrons. The van der Waals surface area contributed by atoms with Crippen molar-refractivity contribution < 1.29 is 4.79 Å². The number of hydrogen-bond donors (Lipinski definition) is 3. The molecule has 0 radical (unpaired) electrons. The molecular formula is C14H16Cl2N4O. The van der Waals surface area contributed by atoms with Crippen LogP contribution in [0.3, 0.4) is 0 Å². The second kappa shape index (κ2) is 5.95. The van der Waals surface area contributed by atoms with Gasteiger partial charge in [-0.15, -0.1) is 0 Å². The predicted octanol–water partition coefficient (Wildman–Crippen LogP) is 3.98. The number of nitrogens with one attached hydrogen (secondary N) is 2. The summed E-state index contributed by atoms with van der Waals surface area (Å²) in [6.45, 7) is 5.74. The molecule has 0 saturated carbocycles. The van der Waals surface area contributed by atoms with Crippen molar-refractivity contribution in [2.45, 2.75) is 26.7 Å². The maximum Gasteiger partial charge on any atom is 0.278 e. The summed E-state index contributed by atoms with van der Waals surface area (Å²) in [5, 5.41) is 10.2. The number of amides is 1. The number of halogens is 2. The van der Waals surface area contributed by atoms with Gasteiger partial charge in [0.25, 0.3) is 5.91 Å². The van der Waals surface area contributed by atoms with Crippen molar-refractivity contribution in [3.8, 4) is 0 Å². The van der Waals surface area contributed by atoms with Crippen LogP contribution in [0.15, 0.2) is 12.1 Å². The molecule has 0 bridgehead atoms. The fraction of sp³-hybridized carbons (Fsp3) is 0.286. The third-order valence-electron chi connectivity index (χ3n) is 3.15. The summed E-state index contributed by atoms with van der Waals surface area (Å²) in [6.07, 6.45) is 0. The lowest BCUT2D eigenvalue weighted by Crippen LogP contribution is -2.15. The van der Waals surface area contributed by atoms with Crippen LogP contribution in [0.2, 0.25) is 10.0 Å². The Kier molecular flexibility index (Phi) is 4.44. The van der Waals surface area contributed by atoms with Crippen LogP contribution in [0.25, 0.3) is 0 Å².